The van der Waals surface area contributed by atoms with Gasteiger partial charge in [-0.25, -0.2) is 5.84 Å². The quantitative estimate of drug-likeness (QED) is 0.315. The summed E-state index contributed by atoms with van der Waals surface area (Å²) in [6, 6.07) is 9.78. The molecule has 0 atom stereocenters. The number of fused-ring (bicyclic) bond motifs is 1. The third kappa shape index (κ3) is 2.51. The maximum Gasteiger partial charge on any atom is 0.210 e. The van der Waals surface area contributed by atoms with Gasteiger partial charge in [0.2, 0.25) is 5.96 Å². The van der Waals surface area contributed by atoms with Crippen molar-refractivity contribution in [2.45, 2.75) is 6.92 Å². The summed E-state index contributed by atoms with van der Waals surface area (Å²) in [6.45, 7) is 2.61. The Labute approximate surface area is 99.7 Å². The van der Waals surface area contributed by atoms with Crippen molar-refractivity contribution in [3.05, 3.63) is 36.5 Å². The Morgan fingerprint density at radius 3 is 3.00 bits per heavy atom. The SMILES string of the molecule is CCN=C(NN)Nc1cccc2ncccc12. The number of benzene rings is 1. The molecule has 0 aliphatic heterocycles. The Hall–Kier alpha value is -2.14. The van der Waals surface area contributed by atoms with Crippen LogP contribution in [0.15, 0.2) is 41.5 Å². The standard InChI is InChI=1S/C12H15N5/c1-2-14-12(17-13)16-11-7-3-6-10-9(11)5-4-8-15-10/h3-8H,2,13H2,1H3,(H2,14,16,17). The van der Waals surface area contributed by atoms with E-state index in [1.807, 2.05) is 37.3 Å². The van der Waals surface area contributed by atoms with Crippen molar-refractivity contribution in [1.29, 1.82) is 0 Å². The largest absolute Gasteiger partial charge is 0.325 e. The summed E-state index contributed by atoms with van der Waals surface area (Å²) in [7, 11) is 0. The molecule has 0 radical (unpaired) electrons. The number of rotatable bonds is 2. The number of guanidine groups is 1. The maximum absolute atomic E-state index is 5.39. The van der Waals surface area contributed by atoms with E-state index in [1.54, 1.807) is 6.20 Å². The van der Waals surface area contributed by atoms with E-state index in [0.29, 0.717) is 12.5 Å². The second-order valence-electron chi connectivity index (χ2n) is 3.47. The Kier molecular flexibility index (Phi) is 3.52. The molecule has 5 heteroatoms. The van der Waals surface area contributed by atoms with Gasteiger partial charge in [0.15, 0.2) is 0 Å². The fourth-order valence-corrected chi connectivity index (χ4v) is 1.62. The van der Waals surface area contributed by atoms with E-state index in [2.05, 4.69) is 20.7 Å². The summed E-state index contributed by atoms with van der Waals surface area (Å²) in [5.41, 5.74) is 4.40. The Bertz CT molecular complexity index is 530. The molecule has 0 spiro atoms. The molecular weight excluding hydrogens is 214 g/mol. The number of nitrogens with one attached hydrogen (secondary N) is 2. The zero-order chi connectivity index (χ0) is 12.1. The molecule has 0 saturated carbocycles. The number of hydrogen-bond donors (Lipinski definition) is 3. The van der Waals surface area contributed by atoms with E-state index in [1.165, 1.54) is 0 Å². The zero-order valence-electron chi connectivity index (χ0n) is 9.64. The molecule has 88 valence electrons. The van der Waals surface area contributed by atoms with Crippen LogP contribution < -0.4 is 16.6 Å². The molecule has 0 aliphatic carbocycles. The summed E-state index contributed by atoms with van der Waals surface area (Å²) in [5, 5.41) is 4.18. The number of hydrogen-bond acceptors (Lipinski definition) is 3. The third-order valence-electron chi connectivity index (χ3n) is 2.35. The number of nitrogens with zero attached hydrogens (tertiary/aromatic N) is 2. The predicted octanol–water partition coefficient (Wildman–Crippen LogP) is 1.49. The Morgan fingerprint density at radius 1 is 1.35 bits per heavy atom. The van der Waals surface area contributed by atoms with Crippen LogP contribution in [0, 0.1) is 0 Å². The summed E-state index contributed by atoms with van der Waals surface area (Å²) in [5.74, 6) is 5.94. The molecular formula is C12H15N5. The molecule has 2 aromatic rings. The van der Waals surface area contributed by atoms with Gasteiger partial charge in [0.1, 0.15) is 0 Å². The number of aromatic nitrogens is 1. The number of hydrazine groups is 1. The predicted molar refractivity (Wildman–Crippen MR) is 70.7 cm³/mol. The summed E-state index contributed by atoms with van der Waals surface area (Å²) in [6.07, 6.45) is 1.77. The second kappa shape index (κ2) is 5.27. The van der Waals surface area contributed by atoms with Gasteiger partial charge in [-0.15, -0.1) is 0 Å². The van der Waals surface area contributed by atoms with Crippen molar-refractivity contribution in [2.24, 2.45) is 10.8 Å². The van der Waals surface area contributed by atoms with Gasteiger partial charge in [-0.1, -0.05) is 6.07 Å². The first-order chi connectivity index (χ1) is 8.35. The van der Waals surface area contributed by atoms with Crippen LogP contribution in [0.4, 0.5) is 5.69 Å². The van der Waals surface area contributed by atoms with Gasteiger partial charge in [0, 0.05) is 18.1 Å². The van der Waals surface area contributed by atoms with Gasteiger partial charge in [0.25, 0.3) is 0 Å². The molecule has 0 unspecified atom stereocenters. The maximum atomic E-state index is 5.39. The van der Waals surface area contributed by atoms with Gasteiger partial charge >= 0.3 is 0 Å². The molecule has 0 saturated heterocycles. The Morgan fingerprint density at radius 2 is 2.24 bits per heavy atom. The van der Waals surface area contributed by atoms with Crippen LogP contribution in [0.3, 0.4) is 0 Å². The van der Waals surface area contributed by atoms with Gasteiger partial charge in [-0.2, -0.15) is 0 Å². The number of anilines is 1. The molecule has 1 heterocycles. The first kappa shape index (κ1) is 11.3. The topological polar surface area (TPSA) is 75.3 Å². The number of pyridine rings is 1. The average molecular weight is 229 g/mol. The molecule has 1 aromatic carbocycles. The summed E-state index contributed by atoms with van der Waals surface area (Å²) >= 11 is 0. The minimum absolute atomic E-state index is 0.545. The highest BCUT2D eigenvalue weighted by Gasteiger charge is 2.02. The lowest BCUT2D eigenvalue weighted by Gasteiger charge is -2.10. The van der Waals surface area contributed by atoms with Gasteiger partial charge < -0.3 is 5.32 Å². The molecule has 4 N–H and O–H groups in total. The molecule has 17 heavy (non-hydrogen) atoms. The number of aliphatic imine (C=N–C) groups is 1. The molecule has 2 rings (SSSR count). The molecule has 5 nitrogen and oxygen atoms in total. The first-order valence-electron chi connectivity index (χ1n) is 5.47. The van der Waals surface area contributed by atoms with Crippen LogP contribution in [0.1, 0.15) is 6.92 Å². The van der Waals surface area contributed by atoms with Crippen LogP contribution in [-0.4, -0.2) is 17.5 Å². The lowest BCUT2D eigenvalue weighted by Crippen LogP contribution is -2.36. The lowest BCUT2D eigenvalue weighted by molar-refractivity contribution is 0.986. The third-order valence-corrected chi connectivity index (χ3v) is 2.35. The second-order valence-corrected chi connectivity index (χ2v) is 3.47. The molecule has 0 fully saturated rings. The van der Waals surface area contributed by atoms with E-state index in [4.69, 9.17) is 5.84 Å². The van der Waals surface area contributed by atoms with Crippen molar-refractivity contribution >= 4 is 22.5 Å². The highest BCUT2D eigenvalue weighted by atomic mass is 15.3. The van der Waals surface area contributed by atoms with Crippen LogP contribution in [0.25, 0.3) is 10.9 Å². The molecule has 0 amide bonds. The summed E-state index contributed by atoms with van der Waals surface area (Å²) in [4.78, 5) is 8.48. The van der Waals surface area contributed by atoms with Crippen LogP contribution in [0.5, 0.6) is 0 Å². The monoisotopic (exact) mass is 229 g/mol. The normalized spacial score (nSPS) is 11.5. The van der Waals surface area contributed by atoms with Crippen LogP contribution in [0.2, 0.25) is 0 Å². The molecule has 0 bridgehead atoms. The highest BCUT2D eigenvalue weighted by molar-refractivity contribution is 6.02. The fraction of sp³-hybridized carbons (Fsp3) is 0.167. The molecule has 0 aliphatic rings. The van der Waals surface area contributed by atoms with Crippen LogP contribution >= 0.6 is 0 Å². The van der Waals surface area contributed by atoms with Gasteiger partial charge in [-0.05, 0) is 31.2 Å². The fourth-order valence-electron chi connectivity index (χ4n) is 1.62. The lowest BCUT2D eigenvalue weighted by atomic mass is 10.2. The first-order valence-corrected chi connectivity index (χ1v) is 5.47. The van der Waals surface area contributed by atoms with E-state index in [-0.39, 0.29) is 0 Å². The van der Waals surface area contributed by atoms with Gasteiger partial charge in [0.05, 0.1) is 11.2 Å². The minimum Gasteiger partial charge on any atom is -0.325 e. The van der Waals surface area contributed by atoms with Crippen molar-refractivity contribution in [3.63, 3.8) is 0 Å². The number of nitrogens with two attached hydrogens (primary N) is 1. The van der Waals surface area contributed by atoms with Crippen molar-refractivity contribution in [3.8, 4) is 0 Å². The van der Waals surface area contributed by atoms with Gasteiger partial charge in [-0.3, -0.25) is 15.4 Å². The van der Waals surface area contributed by atoms with Crippen molar-refractivity contribution in [2.75, 3.05) is 11.9 Å². The van der Waals surface area contributed by atoms with E-state index < -0.39 is 0 Å². The zero-order valence-corrected chi connectivity index (χ0v) is 9.64. The smallest absolute Gasteiger partial charge is 0.210 e. The van der Waals surface area contributed by atoms with E-state index in [9.17, 15) is 0 Å². The summed E-state index contributed by atoms with van der Waals surface area (Å²) < 4.78 is 0. The molecule has 1 aromatic heterocycles. The van der Waals surface area contributed by atoms with Crippen LogP contribution in [-0.2, 0) is 0 Å². The van der Waals surface area contributed by atoms with Crippen molar-refractivity contribution < 1.29 is 0 Å². The minimum atomic E-state index is 0.545. The highest BCUT2D eigenvalue weighted by Crippen LogP contribution is 2.20. The Balaban J connectivity index is 2.39. The average Bonchev–Trinajstić information content (AvgIpc) is 2.38. The van der Waals surface area contributed by atoms with E-state index >= 15 is 0 Å². The van der Waals surface area contributed by atoms with Crippen molar-refractivity contribution in [1.82, 2.24) is 10.4 Å². The van der Waals surface area contributed by atoms with E-state index in [0.717, 1.165) is 16.6 Å².